The maximum absolute atomic E-state index is 4.43. The zero-order valence-electron chi connectivity index (χ0n) is 2.36. The smallest absolute Gasteiger partial charge is 0.308 e. The van der Waals surface area contributed by atoms with Crippen molar-refractivity contribution in [3.05, 3.63) is 0 Å². The number of thiol groups is 1. The first-order valence-corrected chi connectivity index (χ1v) is 3.03. The summed E-state index contributed by atoms with van der Waals surface area (Å²) in [6.45, 7) is 0. The predicted octanol–water partition coefficient (Wildman–Crippen LogP) is 0.0968. The molecular weight excluding hydrogens is 88.2 g/mol. The maximum Gasteiger partial charge on any atom is 0.308 e. The molecular formula is CH4OSSi. The molecule has 0 bridgehead atoms. The SMILES string of the molecule is CO[Si]S. The normalized spacial score (nSPS) is 7.50. The van der Waals surface area contributed by atoms with Crippen LogP contribution < -0.4 is 0 Å². The van der Waals surface area contributed by atoms with Gasteiger partial charge in [-0.3, -0.25) is 0 Å². The highest BCUT2D eigenvalue weighted by atomic mass is 32.3. The molecule has 0 heterocycles. The van der Waals surface area contributed by atoms with Gasteiger partial charge in [0.1, 0.15) is 0 Å². The lowest BCUT2D eigenvalue weighted by molar-refractivity contribution is 0.456. The van der Waals surface area contributed by atoms with Gasteiger partial charge in [0.2, 0.25) is 0 Å². The summed E-state index contributed by atoms with van der Waals surface area (Å²) >= 11 is 3.73. The molecule has 0 aromatic rings. The molecule has 1 nitrogen and oxygen atoms in total. The molecule has 0 rings (SSSR count). The summed E-state index contributed by atoms with van der Waals surface area (Å²) in [4.78, 5) is 0. The Morgan fingerprint density at radius 1 is 2.00 bits per heavy atom. The molecule has 0 aromatic carbocycles. The fourth-order valence-electron chi connectivity index (χ4n) is 0. The molecule has 3 heteroatoms. The quantitative estimate of drug-likeness (QED) is 0.356. The van der Waals surface area contributed by atoms with Crippen LogP contribution in [-0.4, -0.2) is 16.0 Å². The lowest BCUT2D eigenvalue weighted by Gasteiger charge is -1.71. The third-order valence-electron chi connectivity index (χ3n) is 0.0913. The van der Waals surface area contributed by atoms with E-state index in [0.29, 0.717) is 8.91 Å². The van der Waals surface area contributed by atoms with E-state index in [2.05, 4.69) is 16.5 Å². The van der Waals surface area contributed by atoms with Gasteiger partial charge in [0, 0.05) is 7.11 Å². The highest BCUT2D eigenvalue weighted by Crippen LogP contribution is 1.59. The summed E-state index contributed by atoms with van der Waals surface area (Å²) in [6, 6.07) is 0. The lowest BCUT2D eigenvalue weighted by atomic mass is 11.8. The highest BCUT2D eigenvalue weighted by molar-refractivity contribution is 8.06. The van der Waals surface area contributed by atoms with E-state index in [1.54, 1.807) is 7.11 Å². The molecule has 0 amide bonds. The highest BCUT2D eigenvalue weighted by Gasteiger charge is 1.60. The molecule has 0 saturated heterocycles. The second kappa shape index (κ2) is 3.53. The van der Waals surface area contributed by atoms with Crippen LogP contribution in [-0.2, 0) is 4.43 Å². The Morgan fingerprint density at radius 2 is 2.25 bits per heavy atom. The van der Waals surface area contributed by atoms with E-state index in [-0.39, 0.29) is 0 Å². The number of rotatable bonds is 1. The van der Waals surface area contributed by atoms with Crippen molar-refractivity contribution in [2.45, 2.75) is 0 Å². The van der Waals surface area contributed by atoms with Crippen molar-refractivity contribution in [2.75, 3.05) is 7.11 Å². The zero-order valence-corrected chi connectivity index (χ0v) is 4.25. The van der Waals surface area contributed by atoms with Gasteiger partial charge in [0.05, 0.1) is 0 Å². The van der Waals surface area contributed by atoms with Crippen LogP contribution in [0.5, 0.6) is 0 Å². The van der Waals surface area contributed by atoms with Crippen LogP contribution in [0.2, 0.25) is 0 Å². The van der Waals surface area contributed by atoms with Gasteiger partial charge < -0.3 is 4.43 Å². The second-order valence-electron chi connectivity index (χ2n) is 0.295. The minimum atomic E-state index is 0.335. The molecule has 0 atom stereocenters. The molecule has 0 aliphatic carbocycles. The van der Waals surface area contributed by atoms with Crippen LogP contribution in [0.1, 0.15) is 0 Å². The molecule has 0 spiro atoms. The van der Waals surface area contributed by atoms with Crippen LogP contribution in [0.4, 0.5) is 0 Å². The monoisotopic (exact) mass is 92.0 g/mol. The number of hydrogen-bond acceptors (Lipinski definition) is 2. The standard InChI is InChI=1S/CH4OSSi/c1-2-4-3/h3H,1H3. The Labute approximate surface area is 33.3 Å². The van der Waals surface area contributed by atoms with E-state index in [4.69, 9.17) is 0 Å². The predicted molar refractivity (Wildman–Crippen MR) is 21.7 cm³/mol. The topological polar surface area (TPSA) is 9.23 Å². The van der Waals surface area contributed by atoms with E-state index >= 15 is 0 Å². The van der Waals surface area contributed by atoms with Crippen molar-refractivity contribution < 1.29 is 4.43 Å². The first kappa shape index (κ1) is 4.53. The van der Waals surface area contributed by atoms with Gasteiger partial charge in [-0.2, -0.15) is 12.1 Å². The Bertz CT molecular complexity index is 10.0. The van der Waals surface area contributed by atoms with Gasteiger partial charge in [-0.25, -0.2) is 0 Å². The Hall–Kier alpha value is 0.527. The van der Waals surface area contributed by atoms with Gasteiger partial charge in [-0.15, -0.1) is 0 Å². The van der Waals surface area contributed by atoms with Crippen molar-refractivity contribution in [1.29, 1.82) is 0 Å². The molecule has 0 N–H and O–H groups in total. The Balaban J connectivity index is 1.97. The van der Waals surface area contributed by atoms with Gasteiger partial charge in [-0.1, -0.05) is 0 Å². The third-order valence-corrected chi connectivity index (χ3v) is 0.822. The molecule has 0 aliphatic heterocycles. The molecule has 24 valence electrons. The molecule has 2 radical (unpaired) electrons. The summed E-state index contributed by atoms with van der Waals surface area (Å²) in [6.07, 6.45) is 0. The molecule has 0 aromatic heterocycles. The average molecular weight is 92.2 g/mol. The van der Waals surface area contributed by atoms with Crippen LogP contribution in [0, 0.1) is 0 Å². The van der Waals surface area contributed by atoms with Crippen molar-refractivity contribution in [3.8, 4) is 0 Å². The summed E-state index contributed by atoms with van der Waals surface area (Å²) in [5.74, 6) is 0. The first-order chi connectivity index (χ1) is 1.91. The van der Waals surface area contributed by atoms with E-state index in [0.717, 1.165) is 0 Å². The fourth-order valence-corrected chi connectivity index (χ4v) is 0. The van der Waals surface area contributed by atoms with Crippen molar-refractivity contribution >= 4 is 21.0 Å². The minimum Gasteiger partial charge on any atom is -0.410 e. The van der Waals surface area contributed by atoms with Gasteiger partial charge in [-0.05, 0) is 0 Å². The van der Waals surface area contributed by atoms with Crippen LogP contribution >= 0.6 is 12.1 Å². The van der Waals surface area contributed by atoms with Crippen molar-refractivity contribution in [2.24, 2.45) is 0 Å². The van der Waals surface area contributed by atoms with E-state index in [9.17, 15) is 0 Å². The van der Waals surface area contributed by atoms with Gasteiger partial charge in [0.15, 0.2) is 0 Å². The molecule has 0 aliphatic rings. The van der Waals surface area contributed by atoms with Crippen molar-refractivity contribution in [1.82, 2.24) is 0 Å². The van der Waals surface area contributed by atoms with Gasteiger partial charge >= 0.3 is 8.91 Å². The maximum atomic E-state index is 4.43. The van der Waals surface area contributed by atoms with Crippen molar-refractivity contribution in [3.63, 3.8) is 0 Å². The minimum absolute atomic E-state index is 0.335. The lowest BCUT2D eigenvalue weighted by Crippen LogP contribution is -1.76. The molecule has 0 saturated carbocycles. The molecule has 0 unspecified atom stereocenters. The average Bonchev–Trinajstić information content (AvgIpc) is 1.37. The second-order valence-corrected chi connectivity index (χ2v) is 1.43. The largest absolute Gasteiger partial charge is 0.410 e. The first-order valence-electron chi connectivity index (χ1n) is 0.836. The van der Waals surface area contributed by atoms with E-state index in [1.807, 2.05) is 0 Å². The Kier molecular flexibility index (Phi) is 3.99. The fraction of sp³-hybridized carbons (Fsp3) is 1.00. The van der Waals surface area contributed by atoms with Crippen LogP contribution in [0.15, 0.2) is 0 Å². The zero-order chi connectivity index (χ0) is 3.41. The molecule has 0 fully saturated rings. The summed E-state index contributed by atoms with van der Waals surface area (Å²) in [7, 11) is 1.95. The van der Waals surface area contributed by atoms with Crippen LogP contribution in [0.25, 0.3) is 0 Å². The van der Waals surface area contributed by atoms with Crippen LogP contribution in [0.3, 0.4) is 0 Å². The summed E-state index contributed by atoms with van der Waals surface area (Å²) in [5.41, 5.74) is 0. The number of hydrogen-bond donors (Lipinski definition) is 1. The van der Waals surface area contributed by atoms with Gasteiger partial charge in [0.25, 0.3) is 0 Å². The molecule has 4 heavy (non-hydrogen) atoms. The Morgan fingerprint density at radius 3 is 2.25 bits per heavy atom. The van der Waals surface area contributed by atoms with E-state index in [1.165, 1.54) is 0 Å². The summed E-state index contributed by atoms with van der Waals surface area (Å²) < 4.78 is 4.43. The third kappa shape index (κ3) is 2.53. The van der Waals surface area contributed by atoms with E-state index < -0.39 is 0 Å². The summed E-state index contributed by atoms with van der Waals surface area (Å²) in [5, 5.41) is 0.